The smallest absolute Gasteiger partial charge is 0.0700 e. The molecule has 0 amide bonds. The van der Waals surface area contributed by atoms with E-state index in [4.69, 9.17) is 9.47 Å². The van der Waals surface area contributed by atoms with Crippen LogP contribution >= 0.6 is 0 Å². The van der Waals surface area contributed by atoms with Crippen molar-refractivity contribution in [2.75, 3.05) is 46.6 Å². The van der Waals surface area contributed by atoms with Crippen molar-refractivity contribution in [3.8, 4) is 0 Å². The number of methoxy groups -OCH3 is 1. The third kappa shape index (κ3) is 6.64. The first-order valence-corrected chi connectivity index (χ1v) is 8.40. The van der Waals surface area contributed by atoms with Gasteiger partial charge in [-0.15, -0.1) is 0 Å². The fraction of sp³-hybridized carbons (Fsp3) is 1.00. The van der Waals surface area contributed by atoms with Crippen LogP contribution in [0.3, 0.4) is 0 Å². The van der Waals surface area contributed by atoms with Crippen molar-refractivity contribution < 1.29 is 9.47 Å². The van der Waals surface area contributed by atoms with Crippen LogP contribution in [-0.2, 0) is 9.47 Å². The first kappa shape index (κ1) is 18.9. The average molecular weight is 300 g/mol. The van der Waals surface area contributed by atoms with E-state index >= 15 is 0 Å². The summed E-state index contributed by atoms with van der Waals surface area (Å²) in [5.74, 6) is 0.686. The molecule has 1 rings (SSSR count). The van der Waals surface area contributed by atoms with Crippen molar-refractivity contribution in [2.24, 2.45) is 11.3 Å². The number of nitrogens with zero attached hydrogens (tertiary/aromatic N) is 1. The van der Waals surface area contributed by atoms with Gasteiger partial charge < -0.3 is 14.8 Å². The van der Waals surface area contributed by atoms with Gasteiger partial charge in [-0.05, 0) is 17.8 Å². The van der Waals surface area contributed by atoms with Gasteiger partial charge in [-0.2, -0.15) is 0 Å². The number of rotatable bonds is 8. The van der Waals surface area contributed by atoms with Crippen LogP contribution in [0.5, 0.6) is 0 Å². The van der Waals surface area contributed by atoms with E-state index in [-0.39, 0.29) is 0 Å². The minimum atomic E-state index is 0.311. The largest absolute Gasteiger partial charge is 0.382 e. The third-order valence-electron chi connectivity index (χ3n) is 4.42. The molecule has 1 saturated heterocycles. The van der Waals surface area contributed by atoms with E-state index in [0.29, 0.717) is 36.6 Å². The Morgan fingerprint density at radius 1 is 1.19 bits per heavy atom. The molecule has 0 aromatic rings. The van der Waals surface area contributed by atoms with Gasteiger partial charge in [0.2, 0.25) is 0 Å². The zero-order chi connectivity index (χ0) is 15.9. The van der Waals surface area contributed by atoms with Gasteiger partial charge in [-0.25, -0.2) is 0 Å². The van der Waals surface area contributed by atoms with Crippen molar-refractivity contribution in [3.63, 3.8) is 0 Å². The standard InChI is InChI=1S/C17H36N2O2/c1-14(2)15-13-19(8-7-9-21-11-10-20-6)16(12-18-15)17(3,4)5/h14-16,18H,7-13H2,1-6H3. The summed E-state index contributed by atoms with van der Waals surface area (Å²) in [7, 11) is 1.71. The second-order valence-corrected chi connectivity index (χ2v) is 7.59. The summed E-state index contributed by atoms with van der Waals surface area (Å²) in [4.78, 5) is 2.67. The lowest BCUT2D eigenvalue weighted by Crippen LogP contribution is -2.61. The van der Waals surface area contributed by atoms with Gasteiger partial charge in [-0.1, -0.05) is 34.6 Å². The molecular formula is C17H36N2O2. The predicted molar refractivity (Wildman–Crippen MR) is 88.8 cm³/mol. The molecule has 21 heavy (non-hydrogen) atoms. The molecular weight excluding hydrogens is 264 g/mol. The first-order valence-electron chi connectivity index (χ1n) is 8.40. The lowest BCUT2D eigenvalue weighted by atomic mass is 9.83. The molecule has 1 aliphatic rings. The molecule has 4 heteroatoms. The van der Waals surface area contributed by atoms with Crippen LogP contribution < -0.4 is 5.32 Å². The Morgan fingerprint density at radius 2 is 1.90 bits per heavy atom. The number of hydrogen-bond donors (Lipinski definition) is 1. The summed E-state index contributed by atoms with van der Waals surface area (Å²) in [6.45, 7) is 17.2. The Balaban J connectivity index is 2.43. The van der Waals surface area contributed by atoms with Crippen molar-refractivity contribution in [3.05, 3.63) is 0 Å². The van der Waals surface area contributed by atoms with Crippen LogP contribution in [0.25, 0.3) is 0 Å². The van der Waals surface area contributed by atoms with Crippen LogP contribution in [0.4, 0.5) is 0 Å². The quantitative estimate of drug-likeness (QED) is 0.698. The highest BCUT2D eigenvalue weighted by molar-refractivity contribution is 4.93. The van der Waals surface area contributed by atoms with Crippen molar-refractivity contribution in [2.45, 2.75) is 53.1 Å². The number of ether oxygens (including phenoxy) is 2. The van der Waals surface area contributed by atoms with Gasteiger partial charge in [0.05, 0.1) is 13.2 Å². The lowest BCUT2D eigenvalue weighted by Gasteiger charge is -2.47. The molecule has 0 aliphatic carbocycles. The Labute approximate surface area is 131 Å². The maximum Gasteiger partial charge on any atom is 0.0700 e. The van der Waals surface area contributed by atoms with Crippen LogP contribution in [0.15, 0.2) is 0 Å². The fourth-order valence-corrected chi connectivity index (χ4v) is 3.00. The second-order valence-electron chi connectivity index (χ2n) is 7.59. The summed E-state index contributed by atoms with van der Waals surface area (Å²) in [6, 6.07) is 1.21. The van der Waals surface area contributed by atoms with Gasteiger partial charge in [0, 0.05) is 45.4 Å². The summed E-state index contributed by atoms with van der Waals surface area (Å²) in [6.07, 6.45) is 1.10. The van der Waals surface area contributed by atoms with E-state index in [9.17, 15) is 0 Å². The third-order valence-corrected chi connectivity index (χ3v) is 4.42. The van der Waals surface area contributed by atoms with Gasteiger partial charge >= 0.3 is 0 Å². The Kier molecular flexibility index (Phi) is 8.17. The van der Waals surface area contributed by atoms with Crippen molar-refractivity contribution in [1.82, 2.24) is 10.2 Å². The van der Waals surface area contributed by atoms with Crippen LogP contribution in [0, 0.1) is 11.3 Å². The van der Waals surface area contributed by atoms with E-state index in [1.54, 1.807) is 7.11 Å². The first-order chi connectivity index (χ1) is 9.86. The SMILES string of the molecule is COCCOCCCN1CC(C(C)C)NCC1C(C)(C)C. The summed E-state index contributed by atoms with van der Waals surface area (Å²) < 4.78 is 10.6. The normalized spacial score (nSPS) is 24.7. The van der Waals surface area contributed by atoms with E-state index < -0.39 is 0 Å². The Bertz CT molecular complexity index is 276. The molecule has 4 nitrogen and oxygen atoms in total. The van der Waals surface area contributed by atoms with E-state index in [0.717, 1.165) is 32.7 Å². The monoisotopic (exact) mass is 300 g/mol. The molecule has 2 atom stereocenters. The maximum absolute atomic E-state index is 5.59. The zero-order valence-electron chi connectivity index (χ0n) is 14.9. The molecule has 1 N–H and O–H groups in total. The second kappa shape index (κ2) is 9.09. The fourth-order valence-electron chi connectivity index (χ4n) is 3.00. The topological polar surface area (TPSA) is 33.7 Å². The molecule has 2 unspecified atom stereocenters. The van der Waals surface area contributed by atoms with Crippen LogP contribution in [0.1, 0.15) is 41.0 Å². The molecule has 0 radical (unpaired) electrons. The minimum Gasteiger partial charge on any atom is -0.382 e. The molecule has 0 aromatic heterocycles. The Morgan fingerprint density at radius 3 is 2.48 bits per heavy atom. The molecule has 0 saturated carbocycles. The van der Waals surface area contributed by atoms with Crippen molar-refractivity contribution in [1.29, 1.82) is 0 Å². The average Bonchev–Trinajstić information content (AvgIpc) is 2.41. The molecule has 1 aliphatic heterocycles. The molecule has 1 heterocycles. The highest BCUT2D eigenvalue weighted by Gasteiger charge is 2.35. The number of piperazine rings is 1. The van der Waals surface area contributed by atoms with Crippen LogP contribution in [-0.4, -0.2) is 63.5 Å². The Hall–Kier alpha value is -0.160. The molecule has 1 fully saturated rings. The maximum atomic E-state index is 5.59. The molecule has 0 spiro atoms. The summed E-state index contributed by atoms with van der Waals surface area (Å²) in [5.41, 5.74) is 0.311. The highest BCUT2D eigenvalue weighted by atomic mass is 16.5. The predicted octanol–water partition coefficient (Wildman–Crippen LogP) is 2.38. The van der Waals surface area contributed by atoms with Crippen molar-refractivity contribution >= 4 is 0 Å². The van der Waals surface area contributed by atoms with E-state index in [1.807, 2.05) is 0 Å². The van der Waals surface area contributed by atoms with Gasteiger partial charge in [0.1, 0.15) is 0 Å². The summed E-state index contributed by atoms with van der Waals surface area (Å²) in [5, 5.41) is 3.73. The molecule has 0 aromatic carbocycles. The zero-order valence-corrected chi connectivity index (χ0v) is 14.9. The van der Waals surface area contributed by atoms with Gasteiger partial charge in [0.25, 0.3) is 0 Å². The lowest BCUT2D eigenvalue weighted by molar-refractivity contribution is 0.0293. The molecule has 0 bridgehead atoms. The van der Waals surface area contributed by atoms with Gasteiger partial charge in [0.15, 0.2) is 0 Å². The van der Waals surface area contributed by atoms with Gasteiger partial charge in [-0.3, -0.25) is 4.90 Å². The minimum absolute atomic E-state index is 0.311. The van der Waals surface area contributed by atoms with E-state index in [2.05, 4.69) is 44.8 Å². The molecule has 126 valence electrons. The number of nitrogens with one attached hydrogen (secondary N) is 1. The number of hydrogen-bond acceptors (Lipinski definition) is 4. The highest BCUT2D eigenvalue weighted by Crippen LogP contribution is 2.27. The summed E-state index contributed by atoms with van der Waals surface area (Å²) >= 11 is 0. The van der Waals surface area contributed by atoms with Crippen LogP contribution in [0.2, 0.25) is 0 Å². The van der Waals surface area contributed by atoms with E-state index in [1.165, 1.54) is 0 Å².